The molecule has 0 aliphatic rings. The third-order valence-electron chi connectivity index (χ3n) is 1.22. The maximum atomic E-state index is 10.8. The van der Waals surface area contributed by atoms with E-state index >= 15 is 0 Å². The molecule has 0 atom stereocenters. The first-order valence-electron chi connectivity index (χ1n) is 3.34. The summed E-state index contributed by atoms with van der Waals surface area (Å²) < 4.78 is 4.69. The van der Waals surface area contributed by atoms with E-state index in [1.54, 1.807) is 7.05 Å². The molecule has 0 bridgehead atoms. The average Bonchev–Trinajstić information content (AvgIpc) is 2.52. The Hall–Kier alpha value is -1.10. The zero-order chi connectivity index (χ0) is 8.97. The molecule has 0 aliphatic carbocycles. The van der Waals surface area contributed by atoms with E-state index in [2.05, 4.69) is 20.0 Å². The van der Waals surface area contributed by atoms with Crippen molar-refractivity contribution in [2.24, 2.45) is 0 Å². The summed E-state index contributed by atoms with van der Waals surface area (Å²) in [4.78, 5) is 14.7. The van der Waals surface area contributed by atoms with E-state index in [9.17, 15) is 4.79 Å². The molecule has 1 amide bonds. The molecular formula is C6H8ClN3O2. The predicted octanol–water partition coefficient (Wildman–Crippen LogP) is 0.0969. The minimum atomic E-state index is -0.156. The molecule has 12 heavy (non-hydrogen) atoms. The topological polar surface area (TPSA) is 68.0 Å². The van der Waals surface area contributed by atoms with Gasteiger partial charge < -0.3 is 9.84 Å². The number of carbonyl (C=O) groups is 1. The van der Waals surface area contributed by atoms with Crippen molar-refractivity contribution < 1.29 is 9.32 Å². The van der Waals surface area contributed by atoms with Crippen LogP contribution in [0.25, 0.3) is 0 Å². The molecule has 0 saturated heterocycles. The second-order valence-corrected chi connectivity index (χ2v) is 2.36. The molecule has 5 nitrogen and oxygen atoms in total. The highest BCUT2D eigenvalue weighted by Gasteiger charge is 2.08. The number of hydrogen-bond donors (Lipinski definition) is 1. The predicted molar refractivity (Wildman–Crippen MR) is 41.6 cm³/mol. The molecule has 0 aromatic carbocycles. The summed E-state index contributed by atoms with van der Waals surface area (Å²) in [7, 11) is 1.55. The summed E-state index contributed by atoms with van der Waals surface area (Å²) in [5.41, 5.74) is 0. The highest BCUT2D eigenvalue weighted by atomic mass is 35.5. The monoisotopic (exact) mass is 189 g/mol. The van der Waals surface area contributed by atoms with Gasteiger partial charge >= 0.3 is 0 Å². The van der Waals surface area contributed by atoms with Crippen LogP contribution in [0.15, 0.2) is 4.52 Å². The van der Waals surface area contributed by atoms with Crippen LogP contribution in [0.2, 0.25) is 0 Å². The summed E-state index contributed by atoms with van der Waals surface area (Å²) >= 11 is 5.41. The Labute approximate surface area is 74.1 Å². The van der Waals surface area contributed by atoms with Crippen molar-refractivity contribution in [3.8, 4) is 0 Å². The fourth-order valence-electron chi connectivity index (χ4n) is 0.648. The molecule has 1 heterocycles. The number of carbonyl (C=O) groups excluding carboxylic acids is 1. The summed E-state index contributed by atoms with van der Waals surface area (Å²) in [6.45, 7) is 0. The van der Waals surface area contributed by atoms with E-state index < -0.39 is 0 Å². The minimum Gasteiger partial charge on any atom is -0.359 e. The van der Waals surface area contributed by atoms with Gasteiger partial charge in [0.15, 0.2) is 5.82 Å². The number of nitrogens with one attached hydrogen (secondary N) is 1. The number of aromatic nitrogens is 2. The molecular weight excluding hydrogens is 182 g/mol. The van der Waals surface area contributed by atoms with Crippen LogP contribution >= 0.6 is 11.6 Å². The maximum Gasteiger partial charge on any atom is 0.241 e. The van der Waals surface area contributed by atoms with Gasteiger partial charge in [0, 0.05) is 7.05 Å². The zero-order valence-corrected chi connectivity index (χ0v) is 7.26. The third kappa shape index (κ3) is 2.20. The van der Waals surface area contributed by atoms with E-state index in [1.165, 1.54) is 0 Å². The molecule has 0 saturated carbocycles. The SMILES string of the molecule is CNC(=O)Cc1noc(CCl)n1. The minimum absolute atomic E-state index is 0.122. The maximum absolute atomic E-state index is 10.8. The largest absolute Gasteiger partial charge is 0.359 e. The van der Waals surface area contributed by atoms with Crippen molar-refractivity contribution in [3.05, 3.63) is 11.7 Å². The Morgan fingerprint density at radius 2 is 2.50 bits per heavy atom. The number of likely N-dealkylation sites (N-methyl/N-ethyl adjacent to an activating group) is 1. The quantitative estimate of drug-likeness (QED) is 0.685. The molecule has 0 spiro atoms. The number of amides is 1. The summed E-state index contributed by atoms with van der Waals surface area (Å²) in [5, 5.41) is 5.99. The Bertz CT molecular complexity index is 274. The van der Waals surface area contributed by atoms with Gasteiger partial charge in [-0.05, 0) is 0 Å². The van der Waals surface area contributed by atoms with Gasteiger partial charge in [0.2, 0.25) is 11.8 Å². The highest BCUT2D eigenvalue weighted by molar-refractivity contribution is 6.16. The van der Waals surface area contributed by atoms with Crippen LogP contribution in [0, 0.1) is 0 Å². The first-order valence-corrected chi connectivity index (χ1v) is 3.87. The second-order valence-electron chi connectivity index (χ2n) is 2.09. The molecule has 6 heteroatoms. The number of hydrogen-bond acceptors (Lipinski definition) is 4. The fraction of sp³-hybridized carbons (Fsp3) is 0.500. The first kappa shape index (κ1) is 8.99. The second kappa shape index (κ2) is 4.06. The van der Waals surface area contributed by atoms with Crippen LogP contribution < -0.4 is 5.32 Å². The molecule has 0 radical (unpaired) electrons. The van der Waals surface area contributed by atoms with Crippen molar-refractivity contribution in [1.82, 2.24) is 15.5 Å². The smallest absolute Gasteiger partial charge is 0.241 e. The van der Waals surface area contributed by atoms with Crippen LogP contribution in [0.4, 0.5) is 0 Å². The molecule has 1 rings (SSSR count). The van der Waals surface area contributed by atoms with Gasteiger partial charge in [-0.25, -0.2) is 0 Å². The third-order valence-corrected chi connectivity index (χ3v) is 1.45. The lowest BCUT2D eigenvalue weighted by Gasteiger charge is -1.91. The molecule has 0 aliphatic heterocycles. The van der Waals surface area contributed by atoms with Gasteiger partial charge in [0.05, 0.1) is 6.42 Å². The Morgan fingerprint density at radius 3 is 3.00 bits per heavy atom. The number of halogens is 1. The zero-order valence-electron chi connectivity index (χ0n) is 6.50. The van der Waals surface area contributed by atoms with Gasteiger partial charge in [0.1, 0.15) is 5.88 Å². The van der Waals surface area contributed by atoms with E-state index in [0.717, 1.165) is 0 Å². The summed E-state index contributed by atoms with van der Waals surface area (Å²) in [6, 6.07) is 0. The fourth-order valence-corrected chi connectivity index (χ4v) is 0.757. The van der Waals surface area contributed by atoms with Gasteiger partial charge in [0.25, 0.3) is 0 Å². The van der Waals surface area contributed by atoms with Gasteiger partial charge in [-0.2, -0.15) is 4.98 Å². The van der Waals surface area contributed by atoms with Crippen LogP contribution in [0.5, 0.6) is 0 Å². The number of nitrogens with zero attached hydrogens (tertiary/aromatic N) is 2. The molecule has 1 aromatic heterocycles. The number of rotatable bonds is 3. The molecule has 0 fully saturated rings. The number of alkyl halides is 1. The lowest BCUT2D eigenvalue weighted by molar-refractivity contribution is -0.120. The van der Waals surface area contributed by atoms with Crippen LogP contribution in [-0.4, -0.2) is 23.1 Å². The lowest BCUT2D eigenvalue weighted by atomic mass is 10.4. The van der Waals surface area contributed by atoms with E-state index in [4.69, 9.17) is 11.6 Å². The highest BCUT2D eigenvalue weighted by Crippen LogP contribution is 2.00. The van der Waals surface area contributed by atoms with Crippen molar-refractivity contribution in [3.63, 3.8) is 0 Å². The molecule has 1 N–H and O–H groups in total. The lowest BCUT2D eigenvalue weighted by Crippen LogP contribution is -2.20. The Balaban J connectivity index is 2.58. The van der Waals surface area contributed by atoms with E-state index in [0.29, 0.717) is 11.7 Å². The standard InChI is InChI=1S/C6H8ClN3O2/c1-8-5(11)2-4-9-6(3-7)12-10-4/h2-3H2,1H3,(H,8,11). The van der Waals surface area contributed by atoms with Crippen molar-refractivity contribution in [2.45, 2.75) is 12.3 Å². The molecule has 0 unspecified atom stereocenters. The van der Waals surface area contributed by atoms with E-state index in [1.807, 2.05) is 0 Å². The van der Waals surface area contributed by atoms with Crippen molar-refractivity contribution in [1.29, 1.82) is 0 Å². The van der Waals surface area contributed by atoms with Crippen LogP contribution in [0.1, 0.15) is 11.7 Å². The van der Waals surface area contributed by atoms with Crippen molar-refractivity contribution >= 4 is 17.5 Å². The Morgan fingerprint density at radius 1 is 1.75 bits per heavy atom. The normalized spacial score (nSPS) is 9.83. The van der Waals surface area contributed by atoms with Gasteiger partial charge in [-0.1, -0.05) is 5.16 Å². The summed E-state index contributed by atoms with van der Waals surface area (Å²) in [6.07, 6.45) is 0.122. The van der Waals surface area contributed by atoms with Crippen LogP contribution in [0.3, 0.4) is 0 Å². The Kier molecular flexibility index (Phi) is 3.04. The molecule has 66 valence electrons. The van der Waals surface area contributed by atoms with Crippen LogP contribution in [-0.2, 0) is 17.1 Å². The molecule has 1 aromatic rings. The van der Waals surface area contributed by atoms with Crippen molar-refractivity contribution in [2.75, 3.05) is 7.05 Å². The van der Waals surface area contributed by atoms with E-state index in [-0.39, 0.29) is 18.2 Å². The summed E-state index contributed by atoms with van der Waals surface area (Å²) in [5.74, 6) is 0.693. The average molecular weight is 190 g/mol. The first-order chi connectivity index (χ1) is 5.76. The van der Waals surface area contributed by atoms with Gasteiger partial charge in [-0.3, -0.25) is 4.79 Å². The van der Waals surface area contributed by atoms with Gasteiger partial charge in [-0.15, -0.1) is 11.6 Å².